The van der Waals surface area contributed by atoms with Crippen molar-refractivity contribution >= 4 is 5.91 Å². The Morgan fingerprint density at radius 1 is 1.53 bits per heavy atom. The lowest BCUT2D eigenvalue weighted by Gasteiger charge is -2.15. The molecule has 0 aliphatic rings. The van der Waals surface area contributed by atoms with Crippen molar-refractivity contribution in [1.29, 1.82) is 0 Å². The summed E-state index contributed by atoms with van der Waals surface area (Å²) in [6, 6.07) is 3.23. The van der Waals surface area contributed by atoms with Gasteiger partial charge in [0.25, 0.3) is 0 Å². The fraction of sp³-hybridized carbons (Fsp3) is 0.300. The fourth-order valence-corrected chi connectivity index (χ4v) is 1.36. The van der Waals surface area contributed by atoms with Crippen LogP contribution in [0, 0.1) is 11.6 Å². The van der Waals surface area contributed by atoms with Gasteiger partial charge in [-0.2, -0.15) is 0 Å². The molecule has 0 saturated heterocycles. The van der Waals surface area contributed by atoms with Gasteiger partial charge < -0.3 is 11.1 Å². The van der Waals surface area contributed by atoms with Gasteiger partial charge >= 0.3 is 0 Å². The van der Waals surface area contributed by atoms with Gasteiger partial charge in [-0.15, -0.1) is 0 Å². The van der Waals surface area contributed by atoms with Crippen molar-refractivity contribution in [1.82, 2.24) is 5.32 Å². The summed E-state index contributed by atoms with van der Waals surface area (Å²) in [4.78, 5) is 10.7. The van der Waals surface area contributed by atoms with E-state index < -0.39 is 23.6 Å². The highest BCUT2D eigenvalue weighted by atomic mass is 19.2. The van der Waals surface area contributed by atoms with Gasteiger partial charge in [-0.25, -0.2) is 8.78 Å². The van der Waals surface area contributed by atoms with Crippen LogP contribution in [0.1, 0.15) is 18.0 Å². The topological polar surface area (TPSA) is 55.1 Å². The van der Waals surface area contributed by atoms with E-state index in [1.807, 2.05) is 0 Å². The van der Waals surface area contributed by atoms with Gasteiger partial charge in [-0.05, 0) is 13.1 Å². The average Bonchev–Trinajstić information content (AvgIpc) is 2.19. The molecule has 3 nitrogen and oxygen atoms in total. The Balaban J connectivity index is 3.01. The van der Waals surface area contributed by atoms with Crippen molar-refractivity contribution in [2.45, 2.75) is 12.5 Å². The molecule has 1 unspecified atom stereocenters. The largest absolute Gasteiger partial charge is 0.370 e. The van der Waals surface area contributed by atoms with E-state index in [1.165, 1.54) is 12.1 Å². The van der Waals surface area contributed by atoms with Gasteiger partial charge in [0, 0.05) is 18.0 Å². The summed E-state index contributed by atoms with van der Waals surface area (Å²) in [5.41, 5.74) is 5.11. The lowest BCUT2D eigenvalue weighted by atomic mass is 10.0. The first kappa shape index (κ1) is 11.6. The van der Waals surface area contributed by atoms with E-state index in [9.17, 15) is 13.6 Å². The second kappa shape index (κ2) is 4.84. The number of nitrogens with two attached hydrogens (primary N) is 1. The SMILES string of the molecule is CNC(CC(N)=O)c1cccc(F)c1F. The van der Waals surface area contributed by atoms with Crippen LogP contribution in [-0.2, 0) is 4.79 Å². The van der Waals surface area contributed by atoms with Crippen LogP contribution in [0.3, 0.4) is 0 Å². The molecule has 0 aliphatic heterocycles. The molecule has 1 amide bonds. The number of amides is 1. The quantitative estimate of drug-likeness (QED) is 0.788. The molecule has 0 spiro atoms. The highest BCUT2D eigenvalue weighted by Gasteiger charge is 2.18. The minimum Gasteiger partial charge on any atom is -0.370 e. The van der Waals surface area contributed by atoms with Crippen LogP contribution in [0.4, 0.5) is 8.78 Å². The molecule has 3 N–H and O–H groups in total. The smallest absolute Gasteiger partial charge is 0.219 e. The maximum Gasteiger partial charge on any atom is 0.219 e. The molecule has 15 heavy (non-hydrogen) atoms. The Morgan fingerprint density at radius 2 is 2.20 bits per heavy atom. The van der Waals surface area contributed by atoms with Crippen LogP contribution in [0.15, 0.2) is 18.2 Å². The molecule has 0 saturated carbocycles. The molecule has 0 heterocycles. The Bertz CT molecular complexity index is 368. The number of carbonyl (C=O) groups excluding carboxylic acids is 1. The lowest BCUT2D eigenvalue weighted by Crippen LogP contribution is -2.24. The molecular weight excluding hydrogens is 202 g/mol. The van der Waals surface area contributed by atoms with Crippen molar-refractivity contribution in [3.8, 4) is 0 Å². The maximum atomic E-state index is 13.3. The molecule has 1 atom stereocenters. The zero-order valence-corrected chi connectivity index (χ0v) is 8.26. The standard InChI is InChI=1S/C10H12F2N2O/c1-14-8(5-9(13)15)6-3-2-4-7(11)10(6)12/h2-4,8,14H,5H2,1H3,(H2,13,15). The summed E-state index contributed by atoms with van der Waals surface area (Å²) in [5, 5.41) is 2.71. The Hall–Kier alpha value is -1.49. The molecule has 82 valence electrons. The molecule has 0 aromatic heterocycles. The first-order chi connectivity index (χ1) is 7.06. The van der Waals surface area contributed by atoms with Gasteiger partial charge in [0.05, 0.1) is 0 Å². The molecule has 0 radical (unpaired) electrons. The molecule has 1 rings (SSSR count). The van der Waals surface area contributed by atoms with Crippen molar-refractivity contribution < 1.29 is 13.6 Å². The molecule has 1 aromatic carbocycles. The molecule has 0 aliphatic carbocycles. The van der Waals surface area contributed by atoms with Crippen molar-refractivity contribution in [2.24, 2.45) is 5.73 Å². The van der Waals surface area contributed by atoms with E-state index in [-0.39, 0.29) is 12.0 Å². The predicted molar refractivity (Wildman–Crippen MR) is 52.0 cm³/mol. The monoisotopic (exact) mass is 214 g/mol. The van der Waals surface area contributed by atoms with Gasteiger partial charge in [0.15, 0.2) is 11.6 Å². The second-order valence-corrected chi connectivity index (χ2v) is 3.15. The van der Waals surface area contributed by atoms with E-state index in [0.717, 1.165) is 6.07 Å². The zero-order chi connectivity index (χ0) is 11.4. The summed E-state index contributed by atoms with van der Waals surface area (Å²) in [6.45, 7) is 0. The van der Waals surface area contributed by atoms with Crippen molar-refractivity contribution in [3.63, 3.8) is 0 Å². The Morgan fingerprint density at radius 3 is 2.73 bits per heavy atom. The van der Waals surface area contributed by atoms with Crippen LogP contribution in [0.25, 0.3) is 0 Å². The van der Waals surface area contributed by atoms with E-state index in [0.29, 0.717) is 0 Å². The second-order valence-electron chi connectivity index (χ2n) is 3.15. The van der Waals surface area contributed by atoms with Gasteiger partial charge in [-0.1, -0.05) is 12.1 Å². The summed E-state index contributed by atoms with van der Waals surface area (Å²) in [6.07, 6.45) is -0.0725. The number of hydrogen-bond donors (Lipinski definition) is 2. The minimum absolute atomic E-state index is 0.0725. The molecule has 0 fully saturated rings. The van der Waals surface area contributed by atoms with Gasteiger partial charge in [0.2, 0.25) is 5.91 Å². The number of benzene rings is 1. The molecule has 1 aromatic rings. The van der Waals surface area contributed by atoms with Crippen molar-refractivity contribution in [2.75, 3.05) is 7.05 Å². The number of nitrogens with one attached hydrogen (secondary N) is 1. The highest BCUT2D eigenvalue weighted by Crippen LogP contribution is 2.21. The average molecular weight is 214 g/mol. The van der Waals surface area contributed by atoms with Crippen LogP contribution in [0.5, 0.6) is 0 Å². The highest BCUT2D eigenvalue weighted by molar-refractivity contribution is 5.74. The number of rotatable bonds is 4. The first-order valence-electron chi connectivity index (χ1n) is 4.45. The van der Waals surface area contributed by atoms with E-state index >= 15 is 0 Å². The third-order valence-electron chi connectivity index (χ3n) is 2.11. The molecular formula is C10H12F2N2O. The summed E-state index contributed by atoms with van der Waals surface area (Å²) in [7, 11) is 1.55. The predicted octanol–water partition coefficient (Wildman–Crippen LogP) is 1.10. The van der Waals surface area contributed by atoms with E-state index in [2.05, 4.69) is 5.32 Å². The Labute approximate surface area is 86.3 Å². The summed E-state index contributed by atoms with van der Waals surface area (Å²) < 4.78 is 26.2. The number of carbonyl (C=O) groups is 1. The number of hydrogen-bond acceptors (Lipinski definition) is 2. The van der Waals surface area contributed by atoms with Crippen LogP contribution in [-0.4, -0.2) is 13.0 Å². The molecule has 0 bridgehead atoms. The van der Waals surface area contributed by atoms with Crippen LogP contribution < -0.4 is 11.1 Å². The summed E-state index contributed by atoms with van der Waals surface area (Å²) in [5.74, 6) is -2.45. The number of primary amides is 1. The van der Waals surface area contributed by atoms with Gasteiger partial charge in [0.1, 0.15) is 0 Å². The van der Waals surface area contributed by atoms with Crippen LogP contribution in [0.2, 0.25) is 0 Å². The summed E-state index contributed by atoms with van der Waals surface area (Å²) >= 11 is 0. The fourth-order valence-electron chi connectivity index (χ4n) is 1.36. The normalized spacial score (nSPS) is 12.5. The number of halogens is 2. The Kier molecular flexibility index (Phi) is 3.74. The van der Waals surface area contributed by atoms with E-state index in [4.69, 9.17) is 5.73 Å². The third-order valence-corrected chi connectivity index (χ3v) is 2.11. The third kappa shape index (κ3) is 2.73. The first-order valence-corrected chi connectivity index (χ1v) is 4.45. The van der Waals surface area contributed by atoms with Crippen LogP contribution >= 0.6 is 0 Å². The van der Waals surface area contributed by atoms with Crippen molar-refractivity contribution in [3.05, 3.63) is 35.4 Å². The minimum atomic E-state index is -0.946. The molecule has 5 heteroatoms. The zero-order valence-electron chi connectivity index (χ0n) is 8.26. The van der Waals surface area contributed by atoms with Gasteiger partial charge in [-0.3, -0.25) is 4.79 Å². The maximum absolute atomic E-state index is 13.3. The lowest BCUT2D eigenvalue weighted by molar-refractivity contribution is -0.118. The van der Waals surface area contributed by atoms with E-state index in [1.54, 1.807) is 7.05 Å².